The normalized spacial score (nSPS) is 34.9. The van der Waals surface area contributed by atoms with Crippen molar-refractivity contribution in [3.8, 4) is 0 Å². The molecule has 0 atom stereocenters. The van der Waals surface area contributed by atoms with Gasteiger partial charge in [0.15, 0.2) is 0 Å². The number of nitrogens with one attached hydrogen (secondary N) is 1. The predicted octanol–water partition coefficient (Wildman–Crippen LogP) is -1.25. The molecule has 0 heterocycles. The summed E-state index contributed by atoms with van der Waals surface area (Å²) in [5.41, 5.74) is 3.92. The van der Waals surface area contributed by atoms with Crippen molar-refractivity contribution in [1.82, 2.24) is 5.32 Å². The van der Waals surface area contributed by atoms with Gasteiger partial charge in [0.25, 0.3) is 0 Å². The molecule has 2 aliphatic carbocycles. The summed E-state index contributed by atoms with van der Waals surface area (Å²) in [4.78, 5) is 10.1. The number of carbonyl (C=O) groups excluding carboxylic acids is 1. The summed E-state index contributed by atoms with van der Waals surface area (Å²) >= 11 is 0. The molecule has 2 aliphatic rings. The number of hydrogen-bond acceptors (Lipinski definition) is 4. The Morgan fingerprint density at radius 2 is 1.37 bits per heavy atom. The number of hydrogen-bond donors (Lipinski definition) is 4. The van der Waals surface area contributed by atoms with Crippen LogP contribution in [0.4, 0.5) is 4.79 Å². The number of quaternary nitrogens is 1. The van der Waals surface area contributed by atoms with Gasteiger partial charge in [-0.05, 0) is 38.5 Å². The lowest BCUT2D eigenvalue weighted by Crippen LogP contribution is -2.62. The average Bonchev–Trinajstić information content (AvgIpc) is 2.36. The molecule has 0 saturated heterocycles. The van der Waals surface area contributed by atoms with Gasteiger partial charge in [0.05, 0.1) is 18.2 Å². The van der Waals surface area contributed by atoms with Crippen LogP contribution < -0.4 is 16.2 Å². The minimum Gasteiger partial charge on any atom is -0.530 e. The zero-order chi connectivity index (χ0) is 14.3. The Balaban J connectivity index is 0.000000200. The van der Waals surface area contributed by atoms with E-state index in [-0.39, 0.29) is 18.2 Å². The fourth-order valence-corrected chi connectivity index (χ4v) is 2.53. The zero-order valence-electron chi connectivity index (χ0n) is 11.4. The van der Waals surface area contributed by atoms with E-state index in [4.69, 9.17) is 10.2 Å². The van der Waals surface area contributed by atoms with Gasteiger partial charge in [-0.1, -0.05) is 0 Å². The van der Waals surface area contributed by atoms with Crippen LogP contribution in [0.1, 0.15) is 51.4 Å². The number of carbonyl (C=O) groups is 1. The van der Waals surface area contributed by atoms with Gasteiger partial charge < -0.3 is 31.2 Å². The van der Waals surface area contributed by atoms with Crippen molar-refractivity contribution in [3.05, 3.63) is 0 Å². The first kappa shape index (κ1) is 16.2. The van der Waals surface area contributed by atoms with E-state index in [0.29, 0.717) is 18.9 Å². The molecular weight excluding hydrogens is 248 g/mol. The van der Waals surface area contributed by atoms with Gasteiger partial charge in [-0.15, -0.1) is 0 Å². The number of aliphatic hydroxyl groups is 2. The number of amides is 1. The summed E-state index contributed by atoms with van der Waals surface area (Å²) in [5.74, 6) is 0. The molecule has 0 aliphatic heterocycles. The Bertz CT molecular complexity index is 249. The van der Waals surface area contributed by atoms with Crippen LogP contribution in [0.5, 0.6) is 0 Å². The molecule has 6 nitrogen and oxygen atoms in total. The van der Waals surface area contributed by atoms with Crippen LogP contribution in [0.15, 0.2) is 0 Å². The number of carboxylic acid groups (broad SMARTS) is 1. The van der Waals surface area contributed by atoms with Gasteiger partial charge in [-0.2, -0.15) is 0 Å². The molecule has 6 N–H and O–H groups in total. The maximum absolute atomic E-state index is 10.1. The van der Waals surface area contributed by atoms with Crippen LogP contribution in [0.2, 0.25) is 0 Å². The second-order valence-corrected chi connectivity index (χ2v) is 5.61. The van der Waals surface area contributed by atoms with Crippen LogP contribution in [0, 0.1) is 0 Å². The Hall–Kier alpha value is -0.850. The Morgan fingerprint density at radius 3 is 1.74 bits per heavy atom. The van der Waals surface area contributed by atoms with Crippen LogP contribution in [-0.4, -0.2) is 40.6 Å². The van der Waals surface area contributed by atoms with Crippen molar-refractivity contribution in [3.63, 3.8) is 0 Å². The molecule has 112 valence electrons. The first-order chi connectivity index (χ1) is 8.97. The van der Waals surface area contributed by atoms with Crippen molar-refractivity contribution < 1.29 is 25.8 Å². The molecule has 0 aromatic heterocycles. The van der Waals surface area contributed by atoms with Crippen LogP contribution >= 0.6 is 0 Å². The highest BCUT2D eigenvalue weighted by molar-refractivity contribution is 5.62. The minimum atomic E-state index is -1.22. The molecule has 0 radical (unpaired) electrons. The van der Waals surface area contributed by atoms with E-state index in [0.717, 1.165) is 38.5 Å². The van der Waals surface area contributed by atoms with Crippen molar-refractivity contribution in [2.45, 2.75) is 75.7 Å². The third kappa shape index (κ3) is 7.34. The summed E-state index contributed by atoms with van der Waals surface area (Å²) in [6, 6.07) is 0.599. The second kappa shape index (κ2) is 8.35. The summed E-state index contributed by atoms with van der Waals surface area (Å²) in [6.45, 7) is 0. The van der Waals surface area contributed by atoms with Gasteiger partial charge in [-0.25, -0.2) is 0 Å². The first-order valence-electron chi connectivity index (χ1n) is 7.14. The third-order valence-corrected chi connectivity index (χ3v) is 3.83. The monoisotopic (exact) mass is 274 g/mol. The van der Waals surface area contributed by atoms with E-state index in [2.05, 4.69) is 11.1 Å². The molecule has 19 heavy (non-hydrogen) atoms. The quantitative estimate of drug-likeness (QED) is 0.477. The maximum Gasteiger partial charge on any atom is 0.134 e. The fourth-order valence-electron chi connectivity index (χ4n) is 2.53. The first-order valence-corrected chi connectivity index (χ1v) is 7.14. The summed E-state index contributed by atoms with van der Waals surface area (Å²) in [5, 5.41) is 30.4. The Labute approximate surface area is 114 Å². The largest absolute Gasteiger partial charge is 0.530 e. The summed E-state index contributed by atoms with van der Waals surface area (Å²) in [7, 11) is 0. The lowest BCUT2D eigenvalue weighted by Gasteiger charge is -2.26. The van der Waals surface area contributed by atoms with Crippen LogP contribution in [-0.2, 0) is 0 Å². The van der Waals surface area contributed by atoms with E-state index in [1.807, 2.05) is 0 Å². The topological polar surface area (TPSA) is 120 Å². The highest BCUT2D eigenvalue weighted by Crippen LogP contribution is 2.17. The molecular formula is C13H26N2O4. The molecule has 0 unspecified atom stereocenters. The molecule has 2 saturated carbocycles. The van der Waals surface area contributed by atoms with Gasteiger partial charge in [0.2, 0.25) is 0 Å². The molecule has 1 amide bonds. The van der Waals surface area contributed by atoms with Crippen LogP contribution in [0.3, 0.4) is 0 Å². The van der Waals surface area contributed by atoms with E-state index in [9.17, 15) is 9.90 Å². The van der Waals surface area contributed by atoms with Gasteiger partial charge in [-0.3, -0.25) is 0 Å². The van der Waals surface area contributed by atoms with E-state index < -0.39 is 6.09 Å². The average molecular weight is 274 g/mol. The highest BCUT2D eigenvalue weighted by atomic mass is 16.4. The van der Waals surface area contributed by atoms with Gasteiger partial charge in [0.1, 0.15) is 6.09 Å². The minimum absolute atomic E-state index is 0.0107. The lowest BCUT2D eigenvalue weighted by atomic mass is 9.93. The second-order valence-electron chi connectivity index (χ2n) is 5.61. The van der Waals surface area contributed by atoms with Crippen molar-refractivity contribution in [2.24, 2.45) is 0 Å². The molecule has 0 spiro atoms. The van der Waals surface area contributed by atoms with E-state index in [1.165, 1.54) is 0 Å². The molecule has 0 bridgehead atoms. The van der Waals surface area contributed by atoms with Crippen molar-refractivity contribution in [2.75, 3.05) is 0 Å². The summed E-state index contributed by atoms with van der Waals surface area (Å²) < 4.78 is 0. The lowest BCUT2D eigenvalue weighted by molar-refractivity contribution is -0.427. The van der Waals surface area contributed by atoms with Crippen molar-refractivity contribution >= 4 is 6.09 Å². The maximum atomic E-state index is 10.1. The standard InChI is InChI=1S/C7H13NO3.C6H13NO/c9-6-3-1-5(2-4-6)8-7(10)11;7-5-1-3-6(8)4-2-5/h5-6,8-9H,1-4H2,(H,10,11);5-6,8H,1-4,7H2. The fraction of sp³-hybridized carbons (Fsp3) is 0.923. The molecule has 2 fully saturated rings. The Kier molecular flexibility index (Phi) is 7.12. The van der Waals surface area contributed by atoms with Gasteiger partial charge >= 0.3 is 0 Å². The Morgan fingerprint density at radius 1 is 0.947 bits per heavy atom. The van der Waals surface area contributed by atoms with Gasteiger partial charge in [0, 0.05) is 18.9 Å². The predicted molar refractivity (Wildman–Crippen MR) is 67.9 cm³/mol. The van der Waals surface area contributed by atoms with E-state index >= 15 is 0 Å². The molecule has 6 heteroatoms. The smallest absolute Gasteiger partial charge is 0.134 e. The molecule has 0 aromatic carbocycles. The SMILES string of the molecule is O=C([O-])NC1CCC(O)CC1.[NH3+]C1CCC(O)CC1. The number of aliphatic hydroxyl groups excluding tert-OH is 2. The third-order valence-electron chi connectivity index (χ3n) is 3.83. The van der Waals surface area contributed by atoms with E-state index in [1.54, 1.807) is 0 Å². The van der Waals surface area contributed by atoms with Crippen molar-refractivity contribution in [1.29, 1.82) is 0 Å². The highest BCUT2D eigenvalue weighted by Gasteiger charge is 2.18. The molecule has 0 aromatic rings. The zero-order valence-corrected chi connectivity index (χ0v) is 11.4. The summed E-state index contributed by atoms with van der Waals surface area (Å²) in [6.07, 6.45) is 5.49. The molecule has 2 rings (SSSR count). The van der Waals surface area contributed by atoms with Crippen LogP contribution in [0.25, 0.3) is 0 Å². The number of rotatable bonds is 1.